The summed E-state index contributed by atoms with van der Waals surface area (Å²) in [5, 5.41) is 17.6. The average molecular weight is 499 g/mol. The number of aliphatic hydroxyl groups excluding tert-OH is 2. The van der Waals surface area contributed by atoms with Crippen LogP contribution in [0.2, 0.25) is 0 Å². The Bertz CT molecular complexity index is 621. The van der Waals surface area contributed by atoms with Crippen molar-refractivity contribution < 1.29 is 13.8 Å². The van der Waals surface area contributed by atoms with Gasteiger partial charge in [-0.1, -0.05) is 25.7 Å². The number of hydrogen-bond donors (Lipinski definition) is 2. The Morgan fingerprint density at radius 1 is 0.484 bits per heavy atom. The van der Waals surface area contributed by atoms with Crippen molar-refractivity contribution in [3.8, 4) is 0 Å². The molecule has 2 rings (SSSR count). The Kier molecular flexibility index (Phi) is 15.8. The molecule has 2 aromatic rings. The van der Waals surface area contributed by atoms with Crippen LogP contribution in [0.5, 0.6) is 0 Å². The SMILES string of the molecule is OCCCCCCSc1ccc(SOSc2ccc(SCCCCCCO)cc2)cc1. The molecule has 0 bridgehead atoms. The third-order valence-corrected chi connectivity index (χ3v) is 8.22. The van der Waals surface area contributed by atoms with Crippen molar-refractivity contribution in [3.63, 3.8) is 0 Å². The van der Waals surface area contributed by atoms with Crippen molar-refractivity contribution in [1.29, 1.82) is 0 Å². The quantitative estimate of drug-likeness (QED) is 0.124. The fourth-order valence-electron chi connectivity index (χ4n) is 2.79. The van der Waals surface area contributed by atoms with E-state index >= 15 is 0 Å². The molecule has 0 heterocycles. The summed E-state index contributed by atoms with van der Waals surface area (Å²) < 4.78 is 5.74. The van der Waals surface area contributed by atoms with Gasteiger partial charge >= 0.3 is 0 Å². The van der Waals surface area contributed by atoms with Gasteiger partial charge in [0.05, 0.1) is 0 Å². The second-order valence-corrected chi connectivity index (χ2v) is 11.3. The van der Waals surface area contributed by atoms with Crippen LogP contribution in [0.1, 0.15) is 51.4 Å². The first-order valence-corrected chi connectivity index (χ1v) is 14.5. The largest absolute Gasteiger partial charge is 0.396 e. The lowest BCUT2D eigenvalue weighted by Gasteiger charge is -2.05. The number of hydrogen-bond acceptors (Lipinski definition) is 7. The van der Waals surface area contributed by atoms with Crippen LogP contribution in [0.15, 0.2) is 68.1 Å². The van der Waals surface area contributed by atoms with Crippen LogP contribution in [-0.4, -0.2) is 34.9 Å². The van der Waals surface area contributed by atoms with Crippen molar-refractivity contribution in [2.24, 2.45) is 0 Å². The molecule has 2 N–H and O–H groups in total. The lowest BCUT2D eigenvalue weighted by molar-refractivity contribution is 0.282. The van der Waals surface area contributed by atoms with E-state index in [0.29, 0.717) is 13.2 Å². The van der Waals surface area contributed by atoms with Gasteiger partial charge in [0.1, 0.15) is 0 Å². The highest BCUT2D eigenvalue weighted by molar-refractivity contribution is 8.08. The Morgan fingerprint density at radius 2 is 0.839 bits per heavy atom. The van der Waals surface area contributed by atoms with Crippen molar-refractivity contribution in [1.82, 2.24) is 0 Å². The molecule has 7 heteroatoms. The van der Waals surface area contributed by atoms with Gasteiger partial charge in [0.15, 0.2) is 0 Å². The summed E-state index contributed by atoms with van der Waals surface area (Å²) in [7, 11) is 0. The first kappa shape index (κ1) is 27.0. The smallest absolute Gasteiger partial charge is 0.0447 e. The van der Waals surface area contributed by atoms with Crippen molar-refractivity contribution in [3.05, 3.63) is 48.5 Å². The molecule has 172 valence electrons. The van der Waals surface area contributed by atoms with Crippen LogP contribution in [0, 0.1) is 0 Å². The van der Waals surface area contributed by atoms with Gasteiger partial charge in [-0.3, -0.25) is 0 Å². The highest BCUT2D eigenvalue weighted by Crippen LogP contribution is 2.32. The molecule has 3 nitrogen and oxygen atoms in total. The zero-order valence-electron chi connectivity index (χ0n) is 18.0. The fraction of sp³-hybridized carbons (Fsp3) is 0.500. The summed E-state index contributed by atoms with van der Waals surface area (Å²) in [6.07, 6.45) is 8.86. The molecule has 0 aliphatic carbocycles. The van der Waals surface area contributed by atoms with Gasteiger partial charge < -0.3 is 10.2 Å². The Morgan fingerprint density at radius 3 is 1.23 bits per heavy atom. The monoisotopic (exact) mass is 498 g/mol. The highest BCUT2D eigenvalue weighted by atomic mass is 32.2. The predicted octanol–water partition coefficient (Wildman–Crippen LogP) is 7.71. The standard InChI is InChI=1S/C24H34O3S4/c25-17-5-1-3-7-19-28-21-9-13-23(14-10-21)30-27-31-24-15-11-22(12-16-24)29-20-8-4-2-6-18-26/h9-16,25-26H,1-8,17-20H2. The zero-order valence-corrected chi connectivity index (χ0v) is 21.3. The van der Waals surface area contributed by atoms with Gasteiger partial charge in [0.2, 0.25) is 0 Å². The number of unbranched alkanes of at least 4 members (excludes halogenated alkanes) is 6. The molecular formula is C24H34O3S4. The van der Waals surface area contributed by atoms with Gasteiger partial charge in [-0.15, -0.1) is 23.5 Å². The van der Waals surface area contributed by atoms with E-state index in [1.807, 2.05) is 23.5 Å². The minimum atomic E-state index is 0.310. The summed E-state index contributed by atoms with van der Waals surface area (Å²) in [6, 6.07) is 17.1. The van der Waals surface area contributed by atoms with E-state index < -0.39 is 0 Å². The molecular weight excluding hydrogens is 465 g/mol. The fourth-order valence-corrected chi connectivity index (χ4v) is 5.88. The zero-order chi connectivity index (χ0) is 22.0. The first-order chi connectivity index (χ1) is 15.3. The van der Waals surface area contributed by atoms with Crippen LogP contribution < -0.4 is 0 Å². The Labute approximate surface area is 204 Å². The number of benzene rings is 2. The van der Waals surface area contributed by atoms with Gasteiger partial charge in [-0.2, -0.15) is 0 Å². The lowest BCUT2D eigenvalue weighted by atomic mass is 10.2. The molecule has 0 aliphatic heterocycles. The molecule has 0 fully saturated rings. The molecule has 2 aromatic carbocycles. The number of thioether (sulfide) groups is 2. The molecule has 0 saturated heterocycles. The third kappa shape index (κ3) is 13.1. The molecule has 0 aromatic heterocycles. The molecule has 0 spiro atoms. The van der Waals surface area contributed by atoms with Crippen molar-refractivity contribution >= 4 is 47.6 Å². The van der Waals surface area contributed by atoms with E-state index in [-0.39, 0.29) is 0 Å². The van der Waals surface area contributed by atoms with E-state index in [2.05, 4.69) is 48.5 Å². The maximum absolute atomic E-state index is 8.80. The van der Waals surface area contributed by atoms with Gasteiger partial charge in [0, 0.05) is 56.9 Å². The molecule has 0 atom stereocenters. The van der Waals surface area contributed by atoms with E-state index in [1.165, 1.54) is 59.6 Å². The van der Waals surface area contributed by atoms with Gasteiger partial charge in [-0.25, -0.2) is 3.63 Å². The second kappa shape index (κ2) is 18.2. The predicted molar refractivity (Wildman–Crippen MR) is 138 cm³/mol. The normalized spacial score (nSPS) is 11.2. The topological polar surface area (TPSA) is 49.7 Å². The second-order valence-electron chi connectivity index (χ2n) is 7.15. The minimum Gasteiger partial charge on any atom is -0.396 e. The van der Waals surface area contributed by atoms with Crippen LogP contribution in [0.4, 0.5) is 0 Å². The van der Waals surface area contributed by atoms with Crippen molar-refractivity contribution in [2.45, 2.75) is 70.9 Å². The summed E-state index contributed by atoms with van der Waals surface area (Å²) in [6.45, 7) is 0.620. The Hall–Kier alpha value is -0.280. The lowest BCUT2D eigenvalue weighted by Crippen LogP contribution is -1.85. The number of aliphatic hydroxyl groups is 2. The summed E-state index contributed by atoms with van der Waals surface area (Å²) in [5.41, 5.74) is 0. The van der Waals surface area contributed by atoms with E-state index in [4.69, 9.17) is 13.8 Å². The molecule has 0 saturated carbocycles. The first-order valence-electron chi connectivity index (χ1n) is 11.0. The summed E-state index contributed by atoms with van der Waals surface area (Å²) in [5.74, 6) is 2.25. The Balaban J connectivity index is 1.57. The van der Waals surface area contributed by atoms with E-state index in [9.17, 15) is 0 Å². The van der Waals surface area contributed by atoms with E-state index in [1.54, 1.807) is 0 Å². The third-order valence-electron chi connectivity index (χ3n) is 4.55. The van der Waals surface area contributed by atoms with E-state index in [0.717, 1.165) is 47.0 Å². The maximum atomic E-state index is 8.80. The van der Waals surface area contributed by atoms with Gasteiger partial charge in [0.25, 0.3) is 0 Å². The molecule has 0 aliphatic rings. The molecule has 0 amide bonds. The van der Waals surface area contributed by atoms with Gasteiger partial charge in [-0.05, 0) is 85.7 Å². The summed E-state index contributed by atoms with van der Waals surface area (Å²) >= 11 is 6.57. The molecule has 0 radical (unpaired) electrons. The van der Waals surface area contributed by atoms with Crippen LogP contribution in [-0.2, 0) is 3.63 Å². The van der Waals surface area contributed by atoms with Crippen molar-refractivity contribution in [2.75, 3.05) is 24.7 Å². The van der Waals surface area contributed by atoms with Crippen LogP contribution >= 0.6 is 47.6 Å². The van der Waals surface area contributed by atoms with Crippen LogP contribution in [0.25, 0.3) is 0 Å². The maximum Gasteiger partial charge on any atom is 0.0447 e. The average Bonchev–Trinajstić information content (AvgIpc) is 2.80. The summed E-state index contributed by atoms with van der Waals surface area (Å²) in [4.78, 5) is 4.79. The molecule has 0 unspecified atom stereocenters. The number of rotatable bonds is 18. The molecule has 31 heavy (non-hydrogen) atoms. The highest BCUT2D eigenvalue weighted by Gasteiger charge is 2.01. The van der Waals surface area contributed by atoms with Crippen LogP contribution in [0.3, 0.4) is 0 Å². The minimum absolute atomic E-state index is 0.310.